The second-order valence-corrected chi connectivity index (χ2v) is 11.4. The standard InChI is InChI=1S/C9H21O2PS2/c1-6-8(3)13-12(10,11-5)14-9(4)7-2/h8-9H,6-7H2,1-5H3. The van der Waals surface area contributed by atoms with Crippen LogP contribution in [0.4, 0.5) is 0 Å². The molecule has 0 rings (SSSR count). The van der Waals surface area contributed by atoms with Crippen LogP contribution in [0.3, 0.4) is 0 Å². The molecule has 0 radical (unpaired) electrons. The molecular formula is C9H21O2PS2. The summed E-state index contributed by atoms with van der Waals surface area (Å²) in [5.74, 6) is -2.51. The molecule has 0 aliphatic heterocycles. The van der Waals surface area contributed by atoms with Crippen LogP contribution in [0.2, 0.25) is 0 Å². The van der Waals surface area contributed by atoms with Gasteiger partial charge in [-0.25, -0.2) is 0 Å². The third-order valence-electron chi connectivity index (χ3n) is 1.99. The van der Waals surface area contributed by atoms with Crippen molar-refractivity contribution in [3.05, 3.63) is 0 Å². The van der Waals surface area contributed by atoms with Gasteiger partial charge in [0.05, 0.1) is 0 Å². The van der Waals surface area contributed by atoms with Crippen LogP contribution in [0.1, 0.15) is 40.5 Å². The minimum absolute atomic E-state index is 0.400. The first-order valence-corrected chi connectivity index (χ1v) is 9.59. The van der Waals surface area contributed by atoms with Crippen molar-refractivity contribution in [3.8, 4) is 0 Å². The highest BCUT2D eigenvalue weighted by Gasteiger charge is 2.27. The lowest BCUT2D eigenvalue weighted by atomic mass is 10.4. The van der Waals surface area contributed by atoms with Crippen molar-refractivity contribution < 1.29 is 9.09 Å². The first-order chi connectivity index (χ1) is 6.47. The van der Waals surface area contributed by atoms with E-state index in [-0.39, 0.29) is 0 Å². The van der Waals surface area contributed by atoms with Gasteiger partial charge in [-0.15, -0.1) is 0 Å². The Hall–Kier alpha value is 0.890. The normalized spacial score (nSPS) is 20.1. The molecule has 14 heavy (non-hydrogen) atoms. The van der Waals surface area contributed by atoms with Gasteiger partial charge >= 0.3 is 5.77 Å². The summed E-state index contributed by atoms with van der Waals surface area (Å²) in [6.07, 6.45) is 2.05. The fourth-order valence-electron chi connectivity index (χ4n) is 0.701. The Kier molecular flexibility index (Phi) is 7.67. The summed E-state index contributed by atoms with van der Waals surface area (Å²) in [6, 6.07) is 0. The molecular weight excluding hydrogens is 235 g/mol. The van der Waals surface area contributed by atoms with Gasteiger partial charge < -0.3 is 4.52 Å². The summed E-state index contributed by atoms with van der Waals surface area (Å²) in [7, 11) is 1.55. The highest BCUT2D eigenvalue weighted by atomic mass is 33.1. The molecule has 0 saturated carbocycles. The summed E-state index contributed by atoms with van der Waals surface area (Å²) >= 11 is 2.97. The van der Waals surface area contributed by atoms with Crippen LogP contribution in [-0.4, -0.2) is 17.6 Å². The van der Waals surface area contributed by atoms with Gasteiger partial charge in [0.1, 0.15) is 0 Å². The van der Waals surface area contributed by atoms with E-state index in [1.165, 1.54) is 22.8 Å². The molecule has 0 heterocycles. The van der Waals surface area contributed by atoms with Gasteiger partial charge in [-0.05, 0) is 12.8 Å². The van der Waals surface area contributed by atoms with Crippen molar-refractivity contribution in [2.24, 2.45) is 0 Å². The fourth-order valence-corrected chi connectivity index (χ4v) is 9.40. The van der Waals surface area contributed by atoms with E-state index in [2.05, 4.69) is 27.7 Å². The molecule has 0 bridgehead atoms. The molecule has 0 N–H and O–H groups in total. The van der Waals surface area contributed by atoms with E-state index in [9.17, 15) is 4.57 Å². The Morgan fingerprint density at radius 2 is 1.50 bits per heavy atom. The van der Waals surface area contributed by atoms with Crippen molar-refractivity contribution in [2.45, 2.75) is 51.0 Å². The van der Waals surface area contributed by atoms with Crippen molar-refractivity contribution in [1.82, 2.24) is 0 Å². The Bertz CT molecular complexity index is 183. The fraction of sp³-hybridized carbons (Fsp3) is 1.00. The van der Waals surface area contributed by atoms with Crippen LogP contribution in [-0.2, 0) is 9.09 Å². The van der Waals surface area contributed by atoms with Crippen molar-refractivity contribution in [1.29, 1.82) is 0 Å². The maximum atomic E-state index is 12.2. The number of hydrogen-bond donors (Lipinski definition) is 0. The van der Waals surface area contributed by atoms with Gasteiger partial charge in [-0.2, -0.15) is 0 Å². The van der Waals surface area contributed by atoms with Gasteiger partial charge in [-0.1, -0.05) is 50.5 Å². The van der Waals surface area contributed by atoms with Crippen LogP contribution >= 0.6 is 28.5 Å². The van der Waals surface area contributed by atoms with Crippen molar-refractivity contribution >= 4 is 28.5 Å². The largest absolute Gasteiger partial charge is 0.317 e. The van der Waals surface area contributed by atoms with Gasteiger partial charge in [0, 0.05) is 17.6 Å². The Morgan fingerprint density at radius 3 is 1.71 bits per heavy atom. The third kappa shape index (κ3) is 5.69. The smallest absolute Gasteiger partial charge is 0.313 e. The second-order valence-electron chi connectivity index (χ2n) is 3.28. The first kappa shape index (κ1) is 14.9. The van der Waals surface area contributed by atoms with E-state index in [0.29, 0.717) is 10.5 Å². The molecule has 0 amide bonds. The Labute approximate surface area is 95.9 Å². The van der Waals surface area contributed by atoms with Crippen molar-refractivity contribution in [3.63, 3.8) is 0 Å². The van der Waals surface area contributed by atoms with Gasteiger partial charge in [-0.3, -0.25) is 4.57 Å². The van der Waals surface area contributed by atoms with E-state index >= 15 is 0 Å². The maximum Gasteiger partial charge on any atom is 0.313 e. The SMILES string of the molecule is CCC(C)SP(=O)(OC)SC(C)CC. The van der Waals surface area contributed by atoms with Crippen LogP contribution in [0, 0.1) is 0 Å². The Morgan fingerprint density at radius 1 is 1.14 bits per heavy atom. The van der Waals surface area contributed by atoms with Gasteiger partial charge in [0.2, 0.25) is 0 Å². The average Bonchev–Trinajstić information content (AvgIpc) is 2.17. The predicted octanol–water partition coefficient (Wildman–Crippen LogP) is 4.80. The molecule has 86 valence electrons. The zero-order valence-corrected chi connectivity index (χ0v) is 12.2. The van der Waals surface area contributed by atoms with Crippen LogP contribution in [0.25, 0.3) is 0 Å². The highest BCUT2D eigenvalue weighted by molar-refractivity contribution is 8.89. The molecule has 0 saturated heterocycles. The quantitative estimate of drug-likeness (QED) is 0.611. The first-order valence-electron chi connectivity index (χ1n) is 5.00. The van der Waals surface area contributed by atoms with E-state index in [1.54, 1.807) is 7.11 Å². The van der Waals surface area contributed by atoms with E-state index in [1.807, 2.05) is 0 Å². The minimum Gasteiger partial charge on any atom is -0.317 e. The van der Waals surface area contributed by atoms with Crippen LogP contribution in [0.5, 0.6) is 0 Å². The molecule has 0 aromatic heterocycles. The Balaban J connectivity index is 4.25. The van der Waals surface area contributed by atoms with E-state index in [4.69, 9.17) is 4.52 Å². The topological polar surface area (TPSA) is 26.3 Å². The summed E-state index contributed by atoms with van der Waals surface area (Å²) in [4.78, 5) is 0. The van der Waals surface area contributed by atoms with E-state index in [0.717, 1.165) is 12.8 Å². The predicted molar refractivity (Wildman–Crippen MR) is 69.3 cm³/mol. The van der Waals surface area contributed by atoms with Crippen molar-refractivity contribution in [2.75, 3.05) is 7.11 Å². The van der Waals surface area contributed by atoms with E-state index < -0.39 is 5.77 Å². The molecule has 2 nitrogen and oxygen atoms in total. The molecule has 0 aliphatic carbocycles. The summed E-state index contributed by atoms with van der Waals surface area (Å²) in [5.41, 5.74) is 0. The monoisotopic (exact) mass is 256 g/mol. The van der Waals surface area contributed by atoms with Crippen LogP contribution in [0.15, 0.2) is 0 Å². The number of rotatable bonds is 7. The molecule has 0 spiro atoms. The van der Waals surface area contributed by atoms with Gasteiger partial charge in [0.15, 0.2) is 0 Å². The lowest BCUT2D eigenvalue weighted by Gasteiger charge is -2.20. The number of hydrogen-bond acceptors (Lipinski definition) is 4. The second kappa shape index (κ2) is 7.21. The minimum atomic E-state index is -2.51. The molecule has 2 atom stereocenters. The van der Waals surface area contributed by atoms with Gasteiger partial charge in [0.25, 0.3) is 0 Å². The molecule has 2 unspecified atom stereocenters. The molecule has 0 aromatic carbocycles. The highest BCUT2D eigenvalue weighted by Crippen LogP contribution is 2.72. The summed E-state index contributed by atoms with van der Waals surface area (Å²) in [6.45, 7) is 8.39. The maximum absolute atomic E-state index is 12.2. The zero-order chi connectivity index (χ0) is 11.2. The summed E-state index contributed by atoms with van der Waals surface area (Å²) in [5, 5.41) is 0.801. The molecule has 5 heteroatoms. The summed E-state index contributed by atoms with van der Waals surface area (Å²) < 4.78 is 17.4. The molecule has 0 aromatic rings. The average molecular weight is 256 g/mol. The lowest BCUT2D eigenvalue weighted by Crippen LogP contribution is -1.96. The third-order valence-corrected chi connectivity index (χ3v) is 10.5. The van der Waals surface area contributed by atoms with Crippen LogP contribution < -0.4 is 0 Å². The zero-order valence-electron chi connectivity index (χ0n) is 9.65. The molecule has 0 aliphatic rings. The lowest BCUT2D eigenvalue weighted by molar-refractivity contribution is 0.423. The molecule has 0 fully saturated rings.